The molecule has 4 aromatic rings. The van der Waals surface area contributed by atoms with Crippen molar-refractivity contribution in [3.05, 3.63) is 88.4 Å². The van der Waals surface area contributed by atoms with Crippen LogP contribution in [-0.2, 0) is 13.3 Å². The van der Waals surface area contributed by atoms with Gasteiger partial charge in [0.15, 0.2) is 12.4 Å². The predicted octanol–water partition coefficient (Wildman–Crippen LogP) is 4.12. The zero-order valence-corrected chi connectivity index (χ0v) is 17.1. The van der Waals surface area contributed by atoms with Crippen molar-refractivity contribution in [2.45, 2.75) is 13.3 Å². The lowest BCUT2D eigenvalue weighted by Gasteiger charge is -2.06. The Bertz CT molecular complexity index is 1170. The molecule has 2 heterocycles. The van der Waals surface area contributed by atoms with Crippen molar-refractivity contribution in [1.82, 2.24) is 24.5 Å². The van der Waals surface area contributed by atoms with Crippen LogP contribution in [0.15, 0.2) is 67.1 Å². The average Bonchev–Trinajstić information content (AvgIpc) is 3.36. The van der Waals surface area contributed by atoms with Crippen molar-refractivity contribution in [1.29, 1.82) is 0 Å². The van der Waals surface area contributed by atoms with Gasteiger partial charge >= 0.3 is 0 Å². The first kappa shape index (κ1) is 19.9. The maximum Gasteiger partial charge on any atom is 0.278 e. The van der Waals surface area contributed by atoms with Gasteiger partial charge in [0, 0.05) is 16.2 Å². The van der Waals surface area contributed by atoms with E-state index in [1.165, 1.54) is 11.0 Å². The first-order chi connectivity index (χ1) is 14.5. The first-order valence-electron chi connectivity index (χ1n) is 8.92. The van der Waals surface area contributed by atoms with Gasteiger partial charge in [-0.3, -0.25) is 10.1 Å². The molecule has 30 heavy (non-hydrogen) atoms. The number of hydrogen-bond acceptors (Lipinski definition) is 5. The van der Waals surface area contributed by atoms with Crippen LogP contribution in [-0.4, -0.2) is 30.5 Å². The van der Waals surface area contributed by atoms with Crippen molar-refractivity contribution in [3.63, 3.8) is 0 Å². The van der Waals surface area contributed by atoms with E-state index in [1.807, 2.05) is 18.2 Å². The van der Waals surface area contributed by atoms with E-state index in [0.717, 1.165) is 5.56 Å². The van der Waals surface area contributed by atoms with E-state index >= 15 is 0 Å². The van der Waals surface area contributed by atoms with Crippen LogP contribution >= 0.6 is 23.2 Å². The summed E-state index contributed by atoms with van der Waals surface area (Å²) in [6, 6.07) is 16.1. The minimum atomic E-state index is -0.419. The van der Waals surface area contributed by atoms with Gasteiger partial charge in [0.2, 0.25) is 5.95 Å². The summed E-state index contributed by atoms with van der Waals surface area (Å²) in [4.78, 5) is 16.5. The third kappa shape index (κ3) is 5.16. The Morgan fingerprint density at radius 3 is 2.60 bits per heavy atom. The zero-order valence-electron chi connectivity index (χ0n) is 15.6. The van der Waals surface area contributed by atoms with Crippen molar-refractivity contribution in [2.24, 2.45) is 0 Å². The lowest BCUT2D eigenvalue weighted by atomic mass is 10.2. The molecule has 0 atom stereocenters. The minimum Gasteiger partial charge on any atom is -0.471 e. The molecule has 0 aliphatic carbocycles. The Morgan fingerprint density at radius 1 is 1.00 bits per heavy atom. The molecule has 0 radical (unpaired) electrons. The maximum atomic E-state index is 12.4. The van der Waals surface area contributed by atoms with Crippen molar-refractivity contribution in [2.75, 3.05) is 5.32 Å². The van der Waals surface area contributed by atoms with Gasteiger partial charge in [-0.15, -0.1) is 5.10 Å². The average molecular weight is 443 g/mol. The number of anilines is 1. The molecule has 8 nitrogen and oxygen atoms in total. The summed E-state index contributed by atoms with van der Waals surface area (Å²) >= 11 is 11.9. The Labute approximate surface area is 182 Å². The van der Waals surface area contributed by atoms with Crippen LogP contribution in [0, 0.1) is 0 Å². The van der Waals surface area contributed by atoms with Crippen LogP contribution in [0.5, 0.6) is 5.75 Å². The van der Waals surface area contributed by atoms with Gasteiger partial charge in [-0.1, -0.05) is 41.4 Å². The fourth-order valence-electron chi connectivity index (χ4n) is 2.67. The second kappa shape index (κ2) is 8.98. The molecule has 152 valence electrons. The van der Waals surface area contributed by atoms with Crippen molar-refractivity contribution < 1.29 is 9.53 Å². The fraction of sp³-hybridized carbons (Fsp3) is 0.100. The normalized spacial score (nSPS) is 10.7. The van der Waals surface area contributed by atoms with Gasteiger partial charge in [0.1, 0.15) is 12.1 Å². The second-order valence-electron chi connectivity index (χ2n) is 6.32. The highest BCUT2D eigenvalue weighted by atomic mass is 35.5. The number of halogens is 2. The lowest BCUT2D eigenvalue weighted by Crippen LogP contribution is -2.15. The van der Waals surface area contributed by atoms with E-state index in [-0.39, 0.29) is 18.4 Å². The minimum absolute atomic E-state index is 0.139. The van der Waals surface area contributed by atoms with Crippen LogP contribution in [0.3, 0.4) is 0 Å². The fourth-order valence-corrected chi connectivity index (χ4v) is 3.06. The zero-order chi connectivity index (χ0) is 20.9. The Kier molecular flexibility index (Phi) is 5.97. The highest BCUT2D eigenvalue weighted by Crippen LogP contribution is 2.17. The van der Waals surface area contributed by atoms with Crippen LogP contribution in [0.4, 0.5) is 5.95 Å². The highest BCUT2D eigenvalue weighted by molar-refractivity contribution is 6.30. The predicted molar refractivity (Wildman–Crippen MR) is 113 cm³/mol. The number of carbonyl (C=O) groups is 1. The molecule has 0 saturated carbocycles. The van der Waals surface area contributed by atoms with E-state index in [0.29, 0.717) is 22.3 Å². The molecule has 10 heteroatoms. The molecule has 0 unspecified atom stereocenters. The van der Waals surface area contributed by atoms with Crippen LogP contribution in [0.25, 0.3) is 0 Å². The van der Waals surface area contributed by atoms with Gasteiger partial charge < -0.3 is 4.74 Å². The van der Waals surface area contributed by atoms with Crippen molar-refractivity contribution >= 4 is 35.1 Å². The Morgan fingerprint density at radius 2 is 1.80 bits per heavy atom. The third-order valence-electron chi connectivity index (χ3n) is 4.03. The van der Waals surface area contributed by atoms with Gasteiger partial charge in [-0.25, -0.2) is 14.3 Å². The molecule has 0 fully saturated rings. The number of hydrogen-bond donors (Lipinski definition) is 1. The summed E-state index contributed by atoms with van der Waals surface area (Å²) in [5, 5.41) is 12.3. The van der Waals surface area contributed by atoms with E-state index in [9.17, 15) is 4.79 Å². The number of rotatable bonds is 7. The summed E-state index contributed by atoms with van der Waals surface area (Å²) in [6.45, 7) is 0.624. The van der Waals surface area contributed by atoms with Gasteiger partial charge in [-0.2, -0.15) is 5.10 Å². The number of aromatic nitrogens is 5. The van der Waals surface area contributed by atoms with Crippen molar-refractivity contribution in [3.8, 4) is 5.75 Å². The molecule has 1 amide bonds. The van der Waals surface area contributed by atoms with Gasteiger partial charge in [0.25, 0.3) is 5.91 Å². The molecule has 0 aliphatic heterocycles. The molecule has 0 bridgehead atoms. The summed E-state index contributed by atoms with van der Waals surface area (Å²) < 4.78 is 8.71. The van der Waals surface area contributed by atoms with Gasteiger partial charge in [-0.05, 0) is 42.0 Å². The first-order valence-corrected chi connectivity index (χ1v) is 9.68. The topological polar surface area (TPSA) is 86.9 Å². The molecule has 0 aliphatic rings. The SMILES string of the molecule is O=C(Nc1ncn(Cc2cccc(Cl)c2)n1)c1ccn(COc2cccc(Cl)c2)n1. The van der Waals surface area contributed by atoms with E-state index in [2.05, 4.69) is 20.5 Å². The number of carbonyl (C=O) groups excluding carboxylic acids is 1. The number of nitrogens with one attached hydrogen (secondary N) is 1. The summed E-state index contributed by atoms with van der Waals surface area (Å²) in [6.07, 6.45) is 3.18. The Hall–Kier alpha value is -3.36. The second-order valence-corrected chi connectivity index (χ2v) is 7.19. The van der Waals surface area contributed by atoms with E-state index in [1.54, 1.807) is 47.3 Å². The van der Waals surface area contributed by atoms with E-state index < -0.39 is 5.91 Å². The number of benzene rings is 2. The molecule has 0 saturated heterocycles. The molecule has 2 aromatic heterocycles. The summed E-state index contributed by atoms with van der Waals surface area (Å²) in [5.74, 6) is 0.377. The summed E-state index contributed by atoms with van der Waals surface area (Å²) in [5.41, 5.74) is 1.19. The number of ether oxygens (including phenoxy) is 1. The lowest BCUT2D eigenvalue weighted by molar-refractivity contribution is 0.101. The largest absolute Gasteiger partial charge is 0.471 e. The quantitative estimate of drug-likeness (QED) is 0.465. The van der Waals surface area contributed by atoms with Gasteiger partial charge in [0.05, 0.1) is 6.54 Å². The van der Waals surface area contributed by atoms with Crippen LogP contribution < -0.4 is 10.1 Å². The molecule has 1 N–H and O–H groups in total. The monoisotopic (exact) mass is 442 g/mol. The summed E-state index contributed by atoms with van der Waals surface area (Å²) in [7, 11) is 0. The number of nitrogens with zero attached hydrogens (tertiary/aromatic N) is 5. The van der Waals surface area contributed by atoms with E-state index in [4.69, 9.17) is 27.9 Å². The highest BCUT2D eigenvalue weighted by Gasteiger charge is 2.13. The molecule has 0 spiro atoms. The molecule has 2 aromatic carbocycles. The van der Waals surface area contributed by atoms with Crippen LogP contribution in [0.2, 0.25) is 10.0 Å². The molecular weight excluding hydrogens is 427 g/mol. The smallest absolute Gasteiger partial charge is 0.278 e. The molecule has 4 rings (SSSR count). The Balaban J connectivity index is 1.34. The molecular formula is C20H16Cl2N6O2. The number of amides is 1. The maximum absolute atomic E-state index is 12.4. The third-order valence-corrected chi connectivity index (χ3v) is 4.50. The standard InChI is InChI=1S/C20H16Cl2N6O2/c21-15-4-1-3-14(9-15)11-28-12-23-20(26-28)24-19(29)18-7-8-27(25-18)13-30-17-6-2-5-16(22)10-17/h1-10,12H,11,13H2,(H,24,26,29). The van der Waals surface area contributed by atoms with Crippen LogP contribution in [0.1, 0.15) is 16.1 Å².